The first kappa shape index (κ1) is 11.3. The van der Waals surface area contributed by atoms with Gasteiger partial charge in [-0.15, -0.1) is 0 Å². The Morgan fingerprint density at radius 1 is 1.53 bits per heavy atom. The van der Waals surface area contributed by atoms with E-state index in [9.17, 15) is 0 Å². The second-order valence-electron chi connectivity index (χ2n) is 4.09. The zero-order valence-corrected chi connectivity index (χ0v) is 11.3. The van der Waals surface area contributed by atoms with E-state index in [1.165, 1.54) is 33.7 Å². The molecule has 0 amide bonds. The summed E-state index contributed by atoms with van der Waals surface area (Å²) >= 11 is 5.66. The molecule has 0 aliphatic carbocycles. The largest absolute Gasteiger partial charge is 0.384 e. The van der Waals surface area contributed by atoms with Crippen molar-refractivity contribution < 1.29 is 0 Å². The van der Waals surface area contributed by atoms with Crippen molar-refractivity contribution in [3.63, 3.8) is 0 Å². The molecule has 1 unspecified atom stereocenters. The molecule has 1 aliphatic heterocycles. The van der Waals surface area contributed by atoms with Crippen molar-refractivity contribution in [3.05, 3.63) is 28.2 Å². The Balaban J connectivity index is 1.92. The van der Waals surface area contributed by atoms with Gasteiger partial charge in [-0.1, -0.05) is 6.07 Å². The average molecular weight is 286 g/mol. The highest BCUT2D eigenvalue weighted by molar-refractivity contribution is 9.10. The summed E-state index contributed by atoms with van der Waals surface area (Å²) in [6.07, 6.45) is 1.36. The molecule has 0 spiro atoms. The van der Waals surface area contributed by atoms with E-state index >= 15 is 0 Å². The molecular formula is C12H16BrNS. The Morgan fingerprint density at radius 2 is 2.40 bits per heavy atom. The van der Waals surface area contributed by atoms with Crippen LogP contribution in [-0.4, -0.2) is 18.1 Å². The zero-order valence-electron chi connectivity index (χ0n) is 8.92. The monoisotopic (exact) mass is 285 g/mol. The molecule has 0 bridgehead atoms. The average Bonchev–Trinajstić information content (AvgIpc) is 2.69. The van der Waals surface area contributed by atoms with Gasteiger partial charge in [-0.05, 0) is 64.4 Å². The molecule has 2 rings (SSSR count). The summed E-state index contributed by atoms with van der Waals surface area (Å²) < 4.78 is 1.17. The molecule has 1 aliphatic rings. The van der Waals surface area contributed by atoms with E-state index in [1.54, 1.807) is 0 Å². The molecule has 1 aromatic rings. The molecule has 1 aromatic carbocycles. The smallest absolute Gasteiger partial charge is 0.0484 e. The predicted octanol–water partition coefficient (Wildman–Crippen LogP) is 3.92. The molecule has 1 atom stereocenters. The molecule has 3 heteroatoms. The van der Waals surface area contributed by atoms with Gasteiger partial charge in [0, 0.05) is 16.7 Å². The fourth-order valence-electron chi connectivity index (χ4n) is 1.76. The number of thioether (sulfide) groups is 1. The minimum Gasteiger partial charge on any atom is -0.384 e. The third-order valence-electron chi connectivity index (χ3n) is 2.73. The van der Waals surface area contributed by atoms with Crippen LogP contribution >= 0.6 is 27.7 Å². The molecule has 82 valence electrons. The van der Waals surface area contributed by atoms with Crippen LogP contribution in [0.1, 0.15) is 12.0 Å². The maximum Gasteiger partial charge on any atom is 0.0484 e. The summed E-state index contributed by atoms with van der Waals surface area (Å²) in [5.74, 6) is 3.50. The molecule has 1 saturated heterocycles. The summed E-state index contributed by atoms with van der Waals surface area (Å²) in [5.41, 5.74) is 2.52. The normalized spacial score (nSPS) is 20.5. The Kier molecular flexibility index (Phi) is 3.98. The summed E-state index contributed by atoms with van der Waals surface area (Å²) in [7, 11) is 0. The number of rotatable bonds is 3. The molecule has 15 heavy (non-hydrogen) atoms. The Labute approximate surface area is 104 Å². The molecule has 0 saturated carbocycles. The molecule has 1 heterocycles. The predicted molar refractivity (Wildman–Crippen MR) is 72.8 cm³/mol. The number of aryl methyl sites for hydroxylation is 1. The van der Waals surface area contributed by atoms with Gasteiger partial charge in [-0.2, -0.15) is 11.8 Å². The quantitative estimate of drug-likeness (QED) is 0.903. The van der Waals surface area contributed by atoms with E-state index in [0.717, 1.165) is 12.5 Å². The van der Waals surface area contributed by atoms with Gasteiger partial charge in [0.2, 0.25) is 0 Å². The Hall–Kier alpha value is -0.150. The Bertz CT molecular complexity index is 334. The van der Waals surface area contributed by atoms with Gasteiger partial charge in [0.05, 0.1) is 0 Å². The fraction of sp³-hybridized carbons (Fsp3) is 0.500. The van der Waals surface area contributed by atoms with Gasteiger partial charge in [-0.25, -0.2) is 0 Å². The van der Waals surface area contributed by atoms with E-state index in [1.807, 2.05) is 0 Å². The number of hydrogen-bond donors (Lipinski definition) is 1. The number of halogens is 1. The first-order valence-corrected chi connectivity index (χ1v) is 7.28. The fourth-order valence-corrected chi connectivity index (χ4v) is 3.68. The van der Waals surface area contributed by atoms with E-state index < -0.39 is 0 Å². The van der Waals surface area contributed by atoms with Crippen LogP contribution in [0.2, 0.25) is 0 Å². The lowest BCUT2D eigenvalue weighted by Gasteiger charge is -2.12. The second kappa shape index (κ2) is 5.26. The van der Waals surface area contributed by atoms with Crippen LogP contribution in [0.5, 0.6) is 0 Å². The van der Waals surface area contributed by atoms with Crippen molar-refractivity contribution in [2.45, 2.75) is 13.3 Å². The highest BCUT2D eigenvalue weighted by atomic mass is 79.9. The maximum absolute atomic E-state index is 3.59. The number of nitrogens with one attached hydrogen (secondary N) is 1. The first-order chi connectivity index (χ1) is 7.25. The van der Waals surface area contributed by atoms with Crippen molar-refractivity contribution in [2.75, 3.05) is 23.4 Å². The maximum atomic E-state index is 3.59. The van der Waals surface area contributed by atoms with Gasteiger partial charge in [-0.3, -0.25) is 0 Å². The summed E-state index contributed by atoms with van der Waals surface area (Å²) in [5, 5.41) is 3.52. The summed E-state index contributed by atoms with van der Waals surface area (Å²) in [6.45, 7) is 3.22. The van der Waals surface area contributed by atoms with E-state index in [-0.39, 0.29) is 0 Å². The molecule has 1 N–H and O–H groups in total. The van der Waals surface area contributed by atoms with Gasteiger partial charge in [0.15, 0.2) is 0 Å². The lowest BCUT2D eigenvalue weighted by Crippen LogP contribution is -2.13. The van der Waals surface area contributed by atoms with Crippen molar-refractivity contribution in [1.82, 2.24) is 0 Å². The number of benzene rings is 1. The third-order valence-corrected chi connectivity index (χ3v) is 4.62. The number of hydrogen-bond acceptors (Lipinski definition) is 2. The summed E-state index contributed by atoms with van der Waals surface area (Å²) in [4.78, 5) is 0. The molecule has 0 radical (unpaired) electrons. The molecular weight excluding hydrogens is 270 g/mol. The topological polar surface area (TPSA) is 12.0 Å². The van der Waals surface area contributed by atoms with Gasteiger partial charge in [0.1, 0.15) is 0 Å². The van der Waals surface area contributed by atoms with Crippen molar-refractivity contribution >= 4 is 33.4 Å². The lowest BCUT2D eigenvalue weighted by molar-refractivity contribution is 0.631. The Morgan fingerprint density at radius 3 is 3.07 bits per heavy atom. The van der Waals surface area contributed by atoms with E-state index in [0.29, 0.717) is 0 Å². The van der Waals surface area contributed by atoms with Gasteiger partial charge < -0.3 is 5.32 Å². The molecule has 1 nitrogen and oxygen atoms in total. The van der Waals surface area contributed by atoms with Crippen LogP contribution in [0.3, 0.4) is 0 Å². The third kappa shape index (κ3) is 3.15. The van der Waals surface area contributed by atoms with Crippen LogP contribution < -0.4 is 5.32 Å². The van der Waals surface area contributed by atoms with Gasteiger partial charge >= 0.3 is 0 Å². The highest BCUT2D eigenvalue weighted by Gasteiger charge is 2.15. The second-order valence-corrected chi connectivity index (χ2v) is 6.10. The minimum atomic E-state index is 0.850. The summed E-state index contributed by atoms with van der Waals surface area (Å²) in [6, 6.07) is 6.46. The highest BCUT2D eigenvalue weighted by Crippen LogP contribution is 2.26. The van der Waals surface area contributed by atoms with Crippen LogP contribution in [0.4, 0.5) is 5.69 Å². The van der Waals surface area contributed by atoms with Crippen LogP contribution in [0.15, 0.2) is 22.7 Å². The number of anilines is 1. The van der Waals surface area contributed by atoms with Crippen LogP contribution in [0, 0.1) is 12.8 Å². The minimum absolute atomic E-state index is 0.850. The molecule has 0 aromatic heterocycles. The van der Waals surface area contributed by atoms with Crippen LogP contribution in [-0.2, 0) is 0 Å². The SMILES string of the molecule is Cc1ccc(NCC2CCSC2)c(Br)c1. The standard InChI is InChI=1S/C12H16BrNS/c1-9-2-3-12(11(13)6-9)14-7-10-4-5-15-8-10/h2-3,6,10,14H,4-5,7-8H2,1H3. The lowest BCUT2D eigenvalue weighted by atomic mass is 10.1. The van der Waals surface area contributed by atoms with Crippen LogP contribution in [0.25, 0.3) is 0 Å². The first-order valence-electron chi connectivity index (χ1n) is 5.33. The van der Waals surface area contributed by atoms with Crippen molar-refractivity contribution in [2.24, 2.45) is 5.92 Å². The van der Waals surface area contributed by atoms with E-state index in [4.69, 9.17) is 0 Å². The van der Waals surface area contributed by atoms with E-state index in [2.05, 4.69) is 58.1 Å². The van der Waals surface area contributed by atoms with Crippen molar-refractivity contribution in [1.29, 1.82) is 0 Å². The molecule has 1 fully saturated rings. The van der Waals surface area contributed by atoms with Gasteiger partial charge in [0.25, 0.3) is 0 Å². The zero-order chi connectivity index (χ0) is 10.7. The van der Waals surface area contributed by atoms with Crippen molar-refractivity contribution in [3.8, 4) is 0 Å².